The number of hydrogen-bond acceptors (Lipinski definition) is 4. The van der Waals surface area contributed by atoms with E-state index in [-0.39, 0.29) is 15.8 Å². The topological polar surface area (TPSA) is 83.5 Å². The minimum absolute atomic E-state index is 0.0122. The molecule has 0 radical (unpaired) electrons. The molecule has 0 unspecified atom stereocenters. The zero-order chi connectivity index (χ0) is 11.8. The molecule has 0 saturated heterocycles. The van der Waals surface area contributed by atoms with Crippen molar-refractivity contribution in [2.75, 3.05) is 0 Å². The van der Waals surface area contributed by atoms with Gasteiger partial charge in [-0.15, -0.1) is 11.3 Å². The molecule has 2 rings (SSSR count). The maximum atomic E-state index is 11.8. The molecule has 1 aromatic rings. The Morgan fingerprint density at radius 2 is 2.19 bits per heavy atom. The molecular weight excluding hydrogens is 250 g/mol. The maximum Gasteiger partial charge on any atom is 0.345 e. The summed E-state index contributed by atoms with van der Waals surface area (Å²) in [5.74, 6) is -1.10. The van der Waals surface area contributed by atoms with Crippen LogP contribution in [0.25, 0.3) is 0 Å². The predicted molar refractivity (Wildman–Crippen MR) is 59.2 cm³/mol. The van der Waals surface area contributed by atoms with Gasteiger partial charge in [0.1, 0.15) is 4.88 Å². The Labute approximate surface area is 97.2 Å². The zero-order valence-electron chi connectivity index (χ0n) is 8.34. The van der Waals surface area contributed by atoms with Crippen molar-refractivity contribution in [3.05, 3.63) is 16.3 Å². The molecule has 0 aliphatic heterocycles. The molecule has 1 saturated carbocycles. The third kappa shape index (κ3) is 2.26. The molecule has 0 atom stereocenters. The smallest absolute Gasteiger partial charge is 0.345 e. The summed E-state index contributed by atoms with van der Waals surface area (Å²) in [7, 11) is -3.54. The normalized spacial score (nSPS) is 17.0. The second-order valence-corrected chi connectivity index (χ2v) is 6.33. The number of rotatable bonds is 4. The molecule has 0 bridgehead atoms. The van der Waals surface area contributed by atoms with Crippen LogP contribution in [0, 0.1) is 0 Å². The number of thiophene rings is 1. The Hall–Kier alpha value is -0.920. The van der Waals surface area contributed by atoms with E-state index in [0.717, 1.165) is 30.6 Å². The van der Waals surface area contributed by atoms with Crippen LogP contribution in [0.15, 0.2) is 16.3 Å². The summed E-state index contributed by atoms with van der Waals surface area (Å²) in [6.45, 7) is 0. The van der Waals surface area contributed by atoms with Crippen LogP contribution in [0.1, 0.15) is 28.9 Å². The summed E-state index contributed by atoms with van der Waals surface area (Å²) in [4.78, 5) is 10.7. The Bertz CT molecular complexity index is 501. The number of nitrogens with one attached hydrogen (secondary N) is 1. The van der Waals surface area contributed by atoms with Gasteiger partial charge in [0.2, 0.25) is 10.0 Å². The number of aromatic carboxylic acids is 1. The summed E-state index contributed by atoms with van der Waals surface area (Å²) in [5.41, 5.74) is 0. The quantitative estimate of drug-likeness (QED) is 0.855. The van der Waals surface area contributed by atoms with E-state index < -0.39 is 16.0 Å². The number of carboxylic acid groups (broad SMARTS) is 1. The van der Waals surface area contributed by atoms with Crippen molar-refractivity contribution in [3.63, 3.8) is 0 Å². The van der Waals surface area contributed by atoms with Crippen LogP contribution >= 0.6 is 11.3 Å². The standard InChI is InChI=1S/C9H11NO4S2/c11-9(12)8-4-7(5-15-8)16(13,14)10-6-2-1-3-6/h4-6,10H,1-3H2,(H,11,12). The summed E-state index contributed by atoms with van der Waals surface area (Å²) < 4.78 is 26.1. The largest absolute Gasteiger partial charge is 0.477 e. The van der Waals surface area contributed by atoms with Gasteiger partial charge in [0, 0.05) is 11.4 Å². The van der Waals surface area contributed by atoms with Crippen LogP contribution in [0.5, 0.6) is 0 Å². The Morgan fingerprint density at radius 1 is 1.50 bits per heavy atom. The highest BCUT2D eigenvalue weighted by atomic mass is 32.2. The highest BCUT2D eigenvalue weighted by molar-refractivity contribution is 7.89. The summed E-state index contributed by atoms with van der Waals surface area (Å²) in [6.07, 6.45) is 2.75. The van der Waals surface area contributed by atoms with Gasteiger partial charge in [0.25, 0.3) is 0 Å². The van der Waals surface area contributed by atoms with Crippen molar-refractivity contribution in [1.29, 1.82) is 0 Å². The van der Waals surface area contributed by atoms with Crippen molar-refractivity contribution in [3.8, 4) is 0 Å². The monoisotopic (exact) mass is 261 g/mol. The van der Waals surface area contributed by atoms with Crippen molar-refractivity contribution in [2.45, 2.75) is 30.2 Å². The summed E-state index contributed by atoms with van der Waals surface area (Å²) >= 11 is 0.919. The average molecular weight is 261 g/mol. The van der Waals surface area contributed by atoms with Gasteiger partial charge in [-0.3, -0.25) is 0 Å². The van der Waals surface area contributed by atoms with Crippen LogP contribution in [-0.4, -0.2) is 25.5 Å². The highest BCUT2D eigenvalue weighted by Gasteiger charge is 2.25. The Kier molecular flexibility index (Phi) is 3.00. The molecular formula is C9H11NO4S2. The third-order valence-electron chi connectivity index (χ3n) is 2.52. The third-order valence-corrected chi connectivity index (χ3v) is 5.09. The van der Waals surface area contributed by atoms with Crippen molar-refractivity contribution < 1.29 is 18.3 Å². The Morgan fingerprint density at radius 3 is 2.62 bits per heavy atom. The molecule has 0 spiro atoms. The predicted octanol–water partition coefficient (Wildman–Crippen LogP) is 1.28. The number of carbonyl (C=O) groups is 1. The molecule has 88 valence electrons. The van der Waals surface area contributed by atoms with Crippen LogP contribution in [0.3, 0.4) is 0 Å². The lowest BCUT2D eigenvalue weighted by atomic mass is 9.94. The zero-order valence-corrected chi connectivity index (χ0v) is 9.97. The van der Waals surface area contributed by atoms with E-state index in [1.165, 1.54) is 11.4 Å². The second kappa shape index (κ2) is 4.15. The van der Waals surface area contributed by atoms with Crippen LogP contribution < -0.4 is 4.72 Å². The van der Waals surface area contributed by atoms with Crippen LogP contribution in [-0.2, 0) is 10.0 Å². The number of sulfonamides is 1. The minimum Gasteiger partial charge on any atom is -0.477 e. The first-order chi connectivity index (χ1) is 7.49. The first-order valence-electron chi connectivity index (χ1n) is 4.83. The van der Waals surface area contributed by atoms with Gasteiger partial charge < -0.3 is 5.11 Å². The van der Waals surface area contributed by atoms with Crippen LogP contribution in [0.2, 0.25) is 0 Å². The van der Waals surface area contributed by atoms with Gasteiger partial charge in [-0.1, -0.05) is 6.42 Å². The van der Waals surface area contributed by atoms with Gasteiger partial charge in [-0.2, -0.15) is 0 Å². The fraction of sp³-hybridized carbons (Fsp3) is 0.444. The molecule has 1 aliphatic rings. The Balaban J connectivity index is 2.17. The highest BCUT2D eigenvalue weighted by Crippen LogP contribution is 2.23. The lowest BCUT2D eigenvalue weighted by Gasteiger charge is -2.25. The van der Waals surface area contributed by atoms with E-state index in [4.69, 9.17) is 5.11 Å². The lowest BCUT2D eigenvalue weighted by Crippen LogP contribution is -2.39. The number of carboxylic acids is 1. The SMILES string of the molecule is O=C(O)c1cc(S(=O)(=O)NC2CCC2)cs1. The summed E-state index contributed by atoms with van der Waals surface area (Å²) in [6, 6.07) is 1.20. The first-order valence-corrected chi connectivity index (χ1v) is 7.19. The minimum atomic E-state index is -3.54. The molecule has 2 N–H and O–H groups in total. The molecule has 0 aromatic carbocycles. The van der Waals surface area contributed by atoms with E-state index in [1.54, 1.807) is 0 Å². The lowest BCUT2D eigenvalue weighted by molar-refractivity contribution is 0.0702. The van der Waals surface area contributed by atoms with Crippen molar-refractivity contribution >= 4 is 27.3 Å². The maximum absolute atomic E-state index is 11.8. The van der Waals surface area contributed by atoms with Gasteiger partial charge >= 0.3 is 5.97 Å². The number of hydrogen-bond donors (Lipinski definition) is 2. The molecule has 1 heterocycles. The molecule has 1 aromatic heterocycles. The first kappa shape index (κ1) is 11.6. The molecule has 1 aliphatic carbocycles. The molecule has 16 heavy (non-hydrogen) atoms. The fourth-order valence-corrected chi connectivity index (χ4v) is 3.80. The van der Waals surface area contributed by atoms with Crippen molar-refractivity contribution in [2.24, 2.45) is 0 Å². The van der Waals surface area contributed by atoms with Gasteiger partial charge in [-0.05, 0) is 18.9 Å². The van der Waals surface area contributed by atoms with E-state index in [2.05, 4.69) is 4.72 Å². The summed E-state index contributed by atoms with van der Waals surface area (Å²) in [5, 5.41) is 10.0. The van der Waals surface area contributed by atoms with E-state index in [9.17, 15) is 13.2 Å². The fourth-order valence-electron chi connectivity index (χ4n) is 1.39. The van der Waals surface area contributed by atoms with Gasteiger partial charge in [0.05, 0.1) is 4.90 Å². The van der Waals surface area contributed by atoms with Crippen molar-refractivity contribution in [1.82, 2.24) is 4.72 Å². The van der Waals surface area contributed by atoms with E-state index >= 15 is 0 Å². The average Bonchev–Trinajstić information content (AvgIpc) is 2.61. The molecule has 5 nitrogen and oxygen atoms in total. The van der Waals surface area contributed by atoms with Crippen LogP contribution in [0.4, 0.5) is 0 Å². The van der Waals surface area contributed by atoms with E-state index in [0.29, 0.717) is 0 Å². The van der Waals surface area contributed by atoms with Gasteiger partial charge in [-0.25, -0.2) is 17.9 Å². The van der Waals surface area contributed by atoms with E-state index in [1.807, 2.05) is 0 Å². The van der Waals surface area contributed by atoms with Gasteiger partial charge in [0.15, 0.2) is 0 Å². The molecule has 1 fully saturated rings. The second-order valence-electron chi connectivity index (χ2n) is 3.70. The molecule has 0 amide bonds. The molecule has 7 heteroatoms.